The minimum absolute atomic E-state index is 0.131. The van der Waals surface area contributed by atoms with Crippen molar-refractivity contribution in [2.24, 2.45) is 0 Å². The first-order valence-electron chi connectivity index (χ1n) is 10.7. The Morgan fingerprint density at radius 3 is 2.36 bits per heavy atom. The summed E-state index contributed by atoms with van der Waals surface area (Å²) in [6.45, 7) is 8.22. The number of carbonyl (C=O) groups is 3. The van der Waals surface area contributed by atoms with Gasteiger partial charge in [-0.25, -0.2) is 4.79 Å². The Labute approximate surface area is 193 Å². The molecule has 1 aliphatic heterocycles. The summed E-state index contributed by atoms with van der Waals surface area (Å²) in [5, 5.41) is 5.40. The van der Waals surface area contributed by atoms with Gasteiger partial charge in [-0.15, -0.1) is 0 Å². The number of benzene rings is 2. The minimum atomic E-state index is -0.638. The van der Waals surface area contributed by atoms with Crippen LogP contribution in [0, 0.1) is 0 Å². The lowest BCUT2D eigenvalue weighted by atomic mass is 10.1. The van der Waals surface area contributed by atoms with E-state index in [4.69, 9.17) is 14.2 Å². The Morgan fingerprint density at radius 1 is 0.970 bits per heavy atom. The second-order valence-electron chi connectivity index (χ2n) is 8.43. The predicted octanol–water partition coefficient (Wildman–Crippen LogP) is 3.91. The van der Waals surface area contributed by atoms with Gasteiger partial charge in [-0.2, -0.15) is 0 Å². The van der Waals surface area contributed by atoms with Gasteiger partial charge in [0.2, 0.25) is 5.91 Å². The van der Waals surface area contributed by atoms with E-state index in [1.807, 2.05) is 0 Å². The molecule has 3 amide bonds. The molecule has 0 radical (unpaired) electrons. The molecule has 0 saturated heterocycles. The number of nitrogens with zero attached hydrogens (tertiary/aromatic N) is 1. The van der Waals surface area contributed by atoms with Crippen molar-refractivity contribution in [2.75, 3.05) is 36.9 Å². The van der Waals surface area contributed by atoms with Crippen molar-refractivity contribution in [2.45, 2.75) is 33.3 Å². The smallest absolute Gasteiger partial charge is 0.412 e. The van der Waals surface area contributed by atoms with Gasteiger partial charge in [0.1, 0.15) is 25.4 Å². The predicted molar refractivity (Wildman–Crippen MR) is 124 cm³/mol. The molecule has 0 fully saturated rings. The molecule has 1 aliphatic rings. The summed E-state index contributed by atoms with van der Waals surface area (Å²) in [4.78, 5) is 39.0. The Hall–Kier alpha value is -3.75. The Bertz CT molecular complexity index is 1030. The molecule has 176 valence electrons. The maximum absolute atomic E-state index is 13.0. The molecular formula is C24H29N3O6. The molecule has 9 heteroatoms. The molecule has 1 heterocycles. The molecule has 0 aromatic heterocycles. The van der Waals surface area contributed by atoms with Crippen molar-refractivity contribution >= 4 is 29.3 Å². The van der Waals surface area contributed by atoms with Crippen LogP contribution in [0.15, 0.2) is 42.5 Å². The Balaban J connectivity index is 1.62. The lowest BCUT2D eigenvalue weighted by Gasteiger charge is -2.22. The number of likely N-dealkylation sites (N-methyl/N-ethyl adjacent to an activating group) is 1. The van der Waals surface area contributed by atoms with Gasteiger partial charge in [-0.3, -0.25) is 14.9 Å². The molecule has 0 atom stereocenters. The number of rotatable bonds is 6. The van der Waals surface area contributed by atoms with Crippen LogP contribution in [0.5, 0.6) is 11.5 Å². The van der Waals surface area contributed by atoms with Gasteiger partial charge in [0.25, 0.3) is 5.91 Å². The van der Waals surface area contributed by atoms with E-state index in [0.29, 0.717) is 48.2 Å². The second-order valence-corrected chi connectivity index (χ2v) is 8.43. The van der Waals surface area contributed by atoms with Gasteiger partial charge in [0, 0.05) is 29.5 Å². The SMILES string of the molecule is CCN(CC(=O)Nc1ccc2c(c1)OCCO2)C(=O)c1cccc(NC(=O)OC(C)(C)C)c1. The fourth-order valence-electron chi connectivity index (χ4n) is 3.16. The van der Waals surface area contributed by atoms with Gasteiger partial charge in [-0.05, 0) is 58.0 Å². The van der Waals surface area contributed by atoms with Crippen LogP contribution in [-0.4, -0.2) is 54.7 Å². The summed E-state index contributed by atoms with van der Waals surface area (Å²) in [6, 6.07) is 11.6. The highest BCUT2D eigenvalue weighted by molar-refractivity contribution is 6.00. The third kappa shape index (κ3) is 6.86. The number of hydrogen-bond acceptors (Lipinski definition) is 6. The molecule has 2 aromatic carbocycles. The standard InChI is InChI=1S/C24H29N3O6/c1-5-27(15-21(28)25-18-9-10-19-20(14-18)32-12-11-31-19)22(29)16-7-6-8-17(13-16)26-23(30)33-24(2,3)4/h6-10,13-14H,5,11-12,15H2,1-4H3,(H,25,28)(H,26,30). The quantitative estimate of drug-likeness (QED) is 0.684. The van der Waals surface area contributed by atoms with Crippen molar-refractivity contribution in [3.8, 4) is 11.5 Å². The van der Waals surface area contributed by atoms with E-state index in [2.05, 4.69) is 10.6 Å². The van der Waals surface area contributed by atoms with E-state index >= 15 is 0 Å². The lowest BCUT2D eigenvalue weighted by Crippen LogP contribution is -2.38. The first-order chi connectivity index (χ1) is 15.6. The fourth-order valence-corrected chi connectivity index (χ4v) is 3.16. The molecule has 33 heavy (non-hydrogen) atoms. The molecule has 3 rings (SSSR count). The average molecular weight is 456 g/mol. The molecule has 0 spiro atoms. The topological polar surface area (TPSA) is 106 Å². The highest BCUT2D eigenvalue weighted by atomic mass is 16.6. The third-order valence-corrected chi connectivity index (χ3v) is 4.58. The highest BCUT2D eigenvalue weighted by Gasteiger charge is 2.20. The van der Waals surface area contributed by atoms with Crippen LogP contribution in [0.1, 0.15) is 38.1 Å². The zero-order chi connectivity index (χ0) is 24.0. The van der Waals surface area contributed by atoms with Crippen LogP contribution < -0.4 is 20.1 Å². The maximum Gasteiger partial charge on any atom is 0.412 e. The second kappa shape index (κ2) is 10.2. The van der Waals surface area contributed by atoms with E-state index in [-0.39, 0.29) is 18.4 Å². The number of anilines is 2. The van der Waals surface area contributed by atoms with Gasteiger partial charge in [0.15, 0.2) is 11.5 Å². The number of carbonyl (C=O) groups excluding carboxylic acids is 3. The maximum atomic E-state index is 13.0. The molecule has 0 unspecified atom stereocenters. The van der Waals surface area contributed by atoms with Crippen LogP contribution in [0.3, 0.4) is 0 Å². The van der Waals surface area contributed by atoms with Crippen LogP contribution in [0.4, 0.5) is 16.2 Å². The summed E-state index contributed by atoms with van der Waals surface area (Å²) >= 11 is 0. The van der Waals surface area contributed by atoms with Crippen molar-refractivity contribution in [3.05, 3.63) is 48.0 Å². The molecule has 9 nitrogen and oxygen atoms in total. The minimum Gasteiger partial charge on any atom is -0.486 e. The zero-order valence-corrected chi connectivity index (χ0v) is 19.3. The van der Waals surface area contributed by atoms with E-state index in [1.165, 1.54) is 4.90 Å². The number of ether oxygens (including phenoxy) is 3. The molecular weight excluding hydrogens is 426 g/mol. The number of hydrogen-bond donors (Lipinski definition) is 2. The van der Waals surface area contributed by atoms with Crippen LogP contribution in [0.25, 0.3) is 0 Å². The van der Waals surface area contributed by atoms with E-state index < -0.39 is 11.7 Å². The van der Waals surface area contributed by atoms with E-state index in [0.717, 1.165) is 0 Å². The van der Waals surface area contributed by atoms with Crippen molar-refractivity contribution in [1.29, 1.82) is 0 Å². The Morgan fingerprint density at radius 2 is 1.67 bits per heavy atom. The van der Waals surface area contributed by atoms with Gasteiger partial charge < -0.3 is 24.4 Å². The van der Waals surface area contributed by atoms with Gasteiger partial charge >= 0.3 is 6.09 Å². The highest BCUT2D eigenvalue weighted by Crippen LogP contribution is 2.32. The third-order valence-electron chi connectivity index (χ3n) is 4.58. The number of nitrogens with one attached hydrogen (secondary N) is 2. The van der Waals surface area contributed by atoms with E-state index in [9.17, 15) is 14.4 Å². The summed E-state index contributed by atoms with van der Waals surface area (Å²) in [6.07, 6.45) is -0.613. The molecule has 0 saturated carbocycles. The van der Waals surface area contributed by atoms with Gasteiger partial charge in [0.05, 0.1) is 0 Å². The van der Waals surface area contributed by atoms with Gasteiger partial charge in [-0.1, -0.05) is 6.07 Å². The first-order valence-corrected chi connectivity index (χ1v) is 10.7. The van der Waals surface area contributed by atoms with Crippen LogP contribution in [-0.2, 0) is 9.53 Å². The monoisotopic (exact) mass is 455 g/mol. The van der Waals surface area contributed by atoms with Crippen LogP contribution >= 0.6 is 0 Å². The van der Waals surface area contributed by atoms with E-state index in [1.54, 1.807) is 70.2 Å². The first kappa shape index (κ1) is 23.9. The molecule has 0 bridgehead atoms. The van der Waals surface area contributed by atoms with Crippen molar-refractivity contribution < 1.29 is 28.6 Å². The van der Waals surface area contributed by atoms with Crippen molar-refractivity contribution in [1.82, 2.24) is 4.90 Å². The summed E-state index contributed by atoms with van der Waals surface area (Å²) in [5.74, 6) is 0.522. The largest absolute Gasteiger partial charge is 0.486 e. The molecule has 0 aliphatic carbocycles. The van der Waals surface area contributed by atoms with Crippen molar-refractivity contribution in [3.63, 3.8) is 0 Å². The molecule has 2 N–H and O–H groups in total. The van der Waals surface area contributed by atoms with Crippen LogP contribution in [0.2, 0.25) is 0 Å². The number of fused-ring (bicyclic) bond motifs is 1. The summed E-state index contributed by atoms with van der Waals surface area (Å²) in [5.41, 5.74) is 0.682. The summed E-state index contributed by atoms with van der Waals surface area (Å²) < 4.78 is 16.2. The number of amides is 3. The fraction of sp³-hybridized carbons (Fsp3) is 0.375. The normalized spacial score (nSPS) is 12.5. The average Bonchev–Trinajstić information content (AvgIpc) is 2.75. The lowest BCUT2D eigenvalue weighted by molar-refractivity contribution is -0.116. The molecule has 2 aromatic rings. The Kier molecular flexibility index (Phi) is 7.42. The zero-order valence-electron chi connectivity index (χ0n) is 19.3. The summed E-state index contributed by atoms with van der Waals surface area (Å²) in [7, 11) is 0.